The average molecular weight is 456 g/mol. The summed E-state index contributed by atoms with van der Waals surface area (Å²) in [5.74, 6) is -1.09. The van der Waals surface area contributed by atoms with Gasteiger partial charge in [0.1, 0.15) is 5.82 Å². The van der Waals surface area contributed by atoms with Crippen molar-refractivity contribution in [1.29, 1.82) is 0 Å². The molecule has 3 rings (SSSR count). The van der Waals surface area contributed by atoms with Crippen LogP contribution in [0.25, 0.3) is 0 Å². The van der Waals surface area contributed by atoms with Gasteiger partial charge in [-0.05, 0) is 55.5 Å². The number of hydrogen-bond donors (Lipinski definition) is 3. The van der Waals surface area contributed by atoms with Crippen LogP contribution in [0.2, 0.25) is 5.02 Å². The van der Waals surface area contributed by atoms with Crippen LogP contribution in [0.5, 0.6) is 0 Å². The highest BCUT2D eigenvalue weighted by atomic mass is 35.5. The third-order valence-corrected chi connectivity index (χ3v) is 5.47. The fourth-order valence-corrected chi connectivity index (χ4v) is 3.55. The zero-order valence-corrected chi connectivity index (χ0v) is 17.3. The SMILES string of the molecule is CCN1C(=O)C(=NNC(=S)Nc2ccc(S(N)(=O)=O)cc2)c2cc(F)c(Cl)cc21. The summed E-state index contributed by atoms with van der Waals surface area (Å²) in [5, 5.41) is 11.8. The fourth-order valence-electron chi connectivity index (χ4n) is 2.72. The van der Waals surface area contributed by atoms with Crippen LogP contribution in [0, 0.1) is 5.82 Å². The first-order valence-corrected chi connectivity index (χ1v) is 10.5. The van der Waals surface area contributed by atoms with Gasteiger partial charge >= 0.3 is 0 Å². The molecule has 4 N–H and O–H groups in total. The van der Waals surface area contributed by atoms with Gasteiger partial charge < -0.3 is 10.2 Å². The smallest absolute Gasteiger partial charge is 0.279 e. The Balaban J connectivity index is 1.78. The fraction of sp³-hybridized carbons (Fsp3) is 0.118. The first-order chi connectivity index (χ1) is 13.6. The average Bonchev–Trinajstić information content (AvgIpc) is 2.90. The van der Waals surface area contributed by atoms with Crippen LogP contribution >= 0.6 is 23.8 Å². The molecule has 8 nitrogen and oxygen atoms in total. The Kier molecular flexibility index (Phi) is 5.85. The molecule has 0 aliphatic carbocycles. The number of fused-ring (bicyclic) bond motifs is 1. The van der Waals surface area contributed by atoms with Gasteiger partial charge in [0.2, 0.25) is 10.0 Å². The van der Waals surface area contributed by atoms with E-state index in [1.54, 1.807) is 6.92 Å². The second-order valence-corrected chi connectivity index (χ2v) is 8.31. The molecule has 1 aliphatic heterocycles. The number of anilines is 2. The van der Waals surface area contributed by atoms with Gasteiger partial charge in [-0.25, -0.2) is 17.9 Å². The molecule has 0 aromatic heterocycles. The summed E-state index contributed by atoms with van der Waals surface area (Å²) in [6.07, 6.45) is 0. The zero-order valence-electron chi connectivity index (χ0n) is 14.9. The van der Waals surface area contributed by atoms with E-state index in [-0.39, 0.29) is 20.7 Å². The van der Waals surface area contributed by atoms with Crippen molar-refractivity contribution in [1.82, 2.24) is 5.43 Å². The molecule has 0 atom stereocenters. The Morgan fingerprint density at radius 1 is 1.31 bits per heavy atom. The van der Waals surface area contributed by atoms with Gasteiger partial charge in [0.05, 0.1) is 15.6 Å². The normalized spacial score (nSPS) is 14.8. The molecule has 2 aromatic rings. The summed E-state index contributed by atoms with van der Waals surface area (Å²) in [6.45, 7) is 2.12. The van der Waals surface area contributed by atoms with E-state index in [0.717, 1.165) is 6.07 Å². The molecule has 152 valence electrons. The number of primary sulfonamides is 1. The van der Waals surface area contributed by atoms with E-state index >= 15 is 0 Å². The zero-order chi connectivity index (χ0) is 21.3. The number of amides is 1. The van der Waals surface area contributed by atoms with E-state index in [9.17, 15) is 17.6 Å². The van der Waals surface area contributed by atoms with Gasteiger partial charge in [-0.1, -0.05) is 11.6 Å². The lowest BCUT2D eigenvalue weighted by Gasteiger charge is -2.13. The number of likely N-dealkylation sites (N-methyl/N-ethyl adjacent to an activating group) is 1. The third-order valence-electron chi connectivity index (χ3n) is 4.06. The van der Waals surface area contributed by atoms with Crippen LogP contribution in [0.15, 0.2) is 46.4 Å². The molecule has 2 aromatic carbocycles. The lowest BCUT2D eigenvalue weighted by atomic mass is 10.1. The maximum atomic E-state index is 13.9. The molecule has 0 radical (unpaired) electrons. The Bertz CT molecular complexity index is 1140. The van der Waals surface area contributed by atoms with E-state index in [1.165, 1.54) is 35.2 Å². The van der Waals surface area contributed by atoms with Crippen LogP contribution in [0.4, 0.5) is 15.8 Å². The second kappa shape index (κ2) is 8.03. The molecule has 0 fully saturated rings. The van der Waals surface area contributed by atoms with Crippen LogP contribution in [-0.2, 0) is 14.8 Å². The third kappa shape index (κ3) is 4.37. The van der Waals surface area contributed by atoms with Crippen molar-refractivity contribution in [2.24, 2.45) is 10.2 Å². The number of benzene rings is 2. The van der Waals surface area contributed by atoms with Crippen LogP contribution in [0.3, 0.4) is 0 Å². The standard InChI is InChI=1S/C17H15ClFN5O3S2/c1-2-24-14-8-12(18)13(19)7-11(14)15(16(24)25)22-23-17(28)21-9-3-5-10(6-4-9)29(20,26)27/h3-8H,2H2,1H3,(H2,20,26,27)(H2,21,23,28). The van der Waals surface area contributed by atoms with Gasteiger partial charge in [-0.15, -0.1) is 0 Å². The lowest BCUT2D eigenvalue weighted by Crippen LogP contribution is -2.32. The van der Waals surface area contributed by atoms with E-state index in [4.69, 9.17) is 29.0 Å². The number of nitrogens with zero attached hydrogens (tertiary/aromatic N) is 2. The van der Waals surface area contributed by atoms with Gasteiger partial charge in [-0.2, -0.15) is 5.10 Å². The summed E-state index contributed by atoms with van der Waals surface area (Å²) in [5.41, 5.74) is 3.75. The lowest BCUT2D eigenvalue weighted by molar-refractivity contribution is -0.112. The number of rotatable bonds is 4. The molecule has 0 saturated carbocycles. The highest BCUT2D eigenvalue weighted by molar-refractivity contribution is 7.89. The quantitative estimate of drug-likeness (QED) is 0.480. The Morgan fingerprint density at radius 2 is 1.97 bits per heavy atom. The molecule has 0 spiro atoms. The van der Waals surface area contributed by atoms with E-state index in [0.29, 0.717) is 23.5 Å². The highest BCUT2D eigenvalue weighted by Crippen LogP contribution is 2.33. The van der Waals surface area contributed by atoms with Crippen LogP contribution in [0.1, 0.15) is 12.5 Å². The maximum Gasteiger partial charge on any atom is 0.279 e. The van der Waals surface area contributed by atoms with Gasteiger partial charge in [-0.3, -0.25) is 10.2 Å². The summed E-state index contributed by atoms with van der Waals surface area (Å²) in [6, 6.07) is 8.08. The Labute approximate surface area is 176 Å². The number of thiocarbonyl (C=S) groups is 1. The largest absolute Gasteiger partial charge is 0.331 e. The summed E-state index contributed by atoms with van der Waals surface area (Å²) < 4.78 is 36.4. The van der Waals surface area contributed by atoms with Crippen molar-refractivity contribution in [3.05, 3.63) is 52.8 Å². The van der Waals surface area contributed by atoms with Crippen molar-refractivity contribution < 1.29 is 17.6 Å². The Morgan fingerprint density at radius 3 is 2.55 bits per heavy atom. The molecule has 0 bridgehead atoms. The monoisotopic (exact) mass is 455 g/mol. The number of hydrazone groups is 1. The molecule has 0 saturated heterocycles. The maximum absolute atomic E-state index is 13.9. The first-order valence-electron chi connectivity index (χ1n) is 8.20. The number of nitrogens with one attached hydrogen (secondary N) is 2. The van der Waals surface area contributed by atoms with Crippen molar-refractivity contribution in [2.75, 3.05) is 16.8 Å². The second-order valence-electron chi connectivity index (χ2n) is 5.93. The number of nitrogens with two attached hydrogens (primary N) is 1. The molecule has 1 heterocycles. The summed E-state index contributed by atoms with van der Waals surface area (Å²) >= 11 is 10.9. The predicted molar refractivity (Wildman–Crippen MR) is 113 cm³/mol. The Hall–Kier alpha value is -2.60. The number of carbonyl (C=O) groups excluding carboxylic acids is 1. The van der Waals surface area contributed by atoms with Crippen molar-refractivity contribution in [3.8, 4) is 0 Å². The van der Waals surface area contributed by atoms with Crippen molar-refractivity contribution >= 4 is 61.9 Å². The molecular weight excluding hydrogens is 441 g/mol. The number of carbonyl (C=O) groups is 1. The molecule has 1 aliphatic rings. The number of sulfonamides is 1. The van der Waals surface area contributed by atoms with Gasteiger partial charge in [0, 0.05) is 17.8 Å². The van der Waals surface area contributed by atoms with E-state index < -0.39 is 21.7 Å². The van der Waals surface area contributed by atoms with Crippen LogP contribution in [-0.4, -0.2) is 31.7 Å². The minimum Gasteiger partial charge on any atom is -0.331 e. The van der Waals surface area contributed by atoms with Crippen molar-refractivity contribution in [2.45, 2.75) is 11.8 Å². The number of hydrogen-bond acceptors (Lipinski definition) is 5. The topological polar surface area (TPSA) is 117 Å². The van der Waals surface area contributed by atoms with Crippen LogP contribution < -0.4 is 20.8 Å². The minimum absolute atomic E-state index is 0.00820. The summed E-state index contributed by atoms with van der Waals surface area (Å²) in [7, 11) is -3.80. The molecule has 12 heteroatoms. The van der Waals surface area contributed by atoms with Crippen molar-refractivity contribution in [3.63, 3.8) is 0 Å². The molecule has 0 unspecified atom stereocenters. The summed E-state index contributed by atoms with van der Waals surface area (Å²) in [4.78, 5) is 14.0. The highest BCUT2D eigenvalue weighted by Gasteiger charge is 2.34. The first kappa shape index (κ1) is 21.1. The minimum atomic E-state index is -3.80. The molecule has 29 heavy (non-hydrogen) atoms. The van der Waals surface area contributed by atoms with E-state index in [2.05, 4.69) is 15.8 Å². The predicted octanol–water partition coefficient (Wildman–Crippen LogP) is 2.18. The van der Waals surface area contributed by atoms with Gasteiger partial charge in [0.25, 0.3) is 5.91 Å². The molecular formula is C17H15ClFN5O3S2. The van der Waals surface area contributed by atoms with E-state index in [1.807, 2.05) is 0 Å². The molecule has 1 amide bonds. The van der Waals surface area contributed by atoms with Gasteiger partial charge in [0.15, 0.2) is 10.8 Å². The number of halogens is 2.